The van der Waals surface area contributed by atoms with Gasteiger partial charge < -0.3 is 10.2 Å². The molecule has 1 N–H and O–H groups in total. The van der Waals surface area contributed by atoms with Crippen LogP contribution in [0.4, 0.5) is 0 Å². The highest BCUT2D eigenvalue weighted by Gasteiger charge is 2.30. The van der Waals surface area contributed by atoms with E-state index in [1.807, 2.05) is 23.4 Å². The van der Waals surface area contributed by atoms with Crippen LogP contribution in [0, 0.1) is 5.92 Å². The third-order valence-electron chi connectivity index (χ3n) is 5.39. The lowest BCUT2D eigenvalue weighted by atomic mass is 10.0. The van der Waals surface area contributed by atoms with Crippen molar-refractivity contribution in [1.29, 1.82) is 0 Å². The zero-order valence-corrected chi connectivity index (χ0v) is 16.3. The van der Waals surface area contributed by atoms with Crippen molar-refractivity contribution in [2.75, 3.05) is 19.6 Å². The number of carbonyl (C=O) groups is 2. The number of nitrogens with one attached hydrogen (secondary N) is 1. The molecular formula is C19H28N6O2. The Morgan fingerprint density at radius 1 is 1.26 bits per heavy atom. The molecule has 1 aliphatic heterocycles. The number of amides is 2. The number of hydrogen-bond donors (Lipinski definition) is 1. The van der Waals surface area contributed by atoms with Crippen LogP contribution in [0.25, 0.3) is 11.2 Å². The van der Waals surface area contributed by atoms with Crippen molar-refractivity contribution in [3.8, 4) is 0 Å². The topological polar surface area (TPSA) is 93.0 Å². The normalized spacial score (nSPS) is 17.0. The van der Waals surface area contributed by atoms with Crippen molar-refractivity contribution < 1.29 is 9.59 Å². The Hall–Kier alpha value is -2.51. The molecule has 8 heteroatoms. The molecule has 2 aromatic rings. The number of carbonyl (C=O) groups excluding carboxylic acids is 2. The quantitative estimate of drug-likeness (QED) is 0.799. The Kier molecular flexibility index (Phi) is 6.03. The minimum absolute atomic E-state index is 0.0609. The second kappa shape index (κ2) is 8.45. The molecular weight excluding hydrogens is 344 g/mol. The average Bonchev–Trinajstić information content (AvgIpc) is 3.28. The molecule has 27 heavy (non-hydrogen) atoms. The fourth-order valence-corrected chi connectivity index (χ4v) is 3.71. The van der Waals surface area contributed by atoms with Gasteiger partial charge in [-0.25, -0.2) is 14.6 Å². The van der Waals surface area contributed by atoms with E-state index in [1.54, 1.807) is 19.3 Å². The van der Waals surface area contributed by atoms with E-state index < -0.39 is 0 Å². The summed E-state index contributed by atoms with van der Waals surface area (Å²) in [6.07, 6.45) is 5.90. The van der Waals surface area contributed by atoms with Crippen LogP contribution < -0.4 is 5.32 Å². The minimum Gasteiger partial charge on any atom is -0.354 e. The minimum atomic E-state index is 0.0609. The highest BCUT2D eigenvalue weighted by Crippen LogP contribution is 2.30. The molecule has 146 valence electrons. The smallest absolute Gasteiger partial charge is 0.223 e. The van der Waals surface area contributed by atoms with Gasteiger partial charge in [-0.05, 0) is 19.3 Å². The van der Waals surface area contributed by atoms with E-state index in [1.165, 1.54) is 0 Å². The summed E-state index contributed by atoms with van der Waals surface area (Å²) >= 11 is 0. The molecule has 1 atom stereocenters. The van der Waals surface area contributed by atoms with Gasteiger partial charge in [0.2, 0.25) is 11.8 Å². The summed E-state index contributed by atoms with van der Waals surface area (Å²) in [5.41, 5.74) is 2.41. The number of hydrogen-bond acceptors (Lipinski definition) is 5. The van der Waals surface area contributed by atoms with Gasteiger partial charge in [-0.1, -0.05) is 13.8 Å². The lowest BCUT2D eigenvalue weighted by Crippen LogP contribution is -2.32. The summed E-state index contributed by atoms with van der Waals surface area (Å²) in [5, 5.41) is 7.75. The maximum absolute atomic E-state index is 12.2. The largest absolute Gasteiger partial charge is 0.354 e. The molecule has 0 saturated carbocycles. The van der Waals surface area contributed by atoms with Crippen molar-refractivity contribution in [3.63, 3.8) is 0 Å². The first-order chi connectivity index (χ1) is 13.0. The summed E-state index contributed by atoms with van der Waals surface area (Å²) in [4.78, 5) is 34.6. The first-order valence-electron chi connectivity index (χ1n) is 9.75. The average molecular weight is 372 g/mol. The van der Waals surface area contributed by atoms with E-state index in [0.29, 0.717) is 19.6 Å². The molecule has 0 bridgehead atoms. The predicted molar refractivity (Wildman–Crippen MR) is 102 cm³/mol. The molecule has 3 rings (SSSR count). The van der Waals surface area contributed by atoms with E-state index in [9.17, 15) is 9.59 Å². The van der Waals surface area contributed by atoms with Crippen molar-refractivity contribution >= 4 is 23.0 Å². The number of fused-ring (bicyclic) bond motifs is 1. The number of aromatic nitrogens is 4. The third-order valence-corrected chi connectivity index (χ3v) is 5.39. The Morgan fingerprint density at radius 2 is 2.00 bits per heavy atom. The van der Waals surface area contributed by atoms with Gasteiger partial charge in [-0.15, -0.1) is 0 Å². The number of likely N-dealkylation sites (tertiary alicyclic amines) is 1. The molecule has 1 unspecified atom stereocenters. The molecule has 3 heterocycles. The molecule has 8 nitrogen and oxygen atoms in total. The number of rotatable bonds is 7. The first kappa shape index (κ1) is 19.3. The molecule has 0 radical (unpaired) electrons. The predicted octanol–water partition coefficient (Wildman–Crippen LogP) is 1.71. The molecule has 1 saturated heterocycles. The summed E-state index contributed by atoms with van der Waals surface area (Å²) in [5.74, 6) is 0.423. The first-order valence-corrected chi connectivity index (χ1v) is 9.75. The van der Waals surface area contributed by atoms with E-state index in [2.05, 4.69) is 15.3 Å². The van der Waals surface area contributed by atoms with E-state index in [0.717, 1.165) is 42.7 Å². The molecule has 1 aliphatic rings. The van der Waals surface area contributed by atoms with Gasteiger partial charge in [0, 0.05) is 50.8 Å². The van der Waals surface area contributed by atoms with Crippen LogP contribution in [0.1, 0.15) is 51.6 Å². The van der Waals surface area contributed by atoms with Crippen LogP contribution in [0.5, 0.6) is 0 Å². The Bertz CT molecular complexity index is 814. The van der Waals surface area contributed by atoms with Gasteiger partial charge >= 0.3 is 0 Å². The van der Waals surface area contributed by atoms with Crippen molar-refractivity contribution in [1.82, 2.24) is 30.0 Å². The second-order valence-corrected chi connectivity index (χ2v) is 7.09. The standard InChI is InChI=1S/C19H28N6O2/c1-4-14(5-2)19(27)22-9-11-25-18-17(20-7-8-21-18)16(23-25)15-6-10-24(12-15)13(3)26/h7-8,14-15H,4-6,9-12H2,1-3H3,(H,22,27). The summed E-state index contributed by atoms with van der Waals surface area (Å²) < 4.78 is 1.82. The van der Waals surface area contributed by atoms with Crippen LogP contribution in [0.15, 0.2) is 12.4 Å². The van der Waals surface area contributed by atoms with Gasteiger partial charge in [0.05, 0.1) is 12.2 Å². The summed E-state index contributed by atoms with van der Waals surface area (Å²) in [6, 6.07) is 0. The highest BCUT2D eigenvalue weighted by molar-refractivity contribution is 5.78. The van der Waals surface area contributed by atoms with Gasteiger partial charge in [-0.3, -0.25) is 9.59 Å². The highest BCUT2D eigenvalue weighted by atomic mass is 16.2. The third kappa shape index (κ3) is 4.09. The summed E-state index contributed by atoms with van der Waals surface area (Å²) in [7, 11) is 0. The second-order valence-electron chi connectivity index (χ2n) is 7.09. The zero-order valence-electron chi connectivity index (χ0n) is 16.3. The maximum atomic E-state index is 12.2. The van der Waals surface area contributed by atoms with Crippen LogP contribution in [-0.2, 0) is 16.1 Å². The maximum Gasteiger partial charge on any atom is 0.223 e. The van der Waals surface area contributed by atoms with Crippen molar-refractivity contribution in [3.05, 3.63) is 18.1 Å². The number of nitrogens with zero attached hydrogens (tertiary/aromatic N) is 5. The molecule has 2 amide bonds. The van der Waals surface area contributed by atoms with Crippen molar-refractivity contribution in [2.45, 2.75) is 52.5 Å². The van der Waals surface area contributed by atoms with Crippen LogP contribution >= 0.6 is 0 Å². The fraction of sp³-hybridized carbons (Fsp3) is 0.632. The SMILES string of the molecule is CCC(CC)C(=O)NCCn1nc(C2CCN(C(C)=O)C2)c2nccnc21. The Balaban J connectivity index is 1.73. The zero-order chi connectivity index (χ0) is 19.4. The van der Waals surface area contributed by atoms with Crippen LogP contribution in [0.2, 0.25) is 0 Å². The van der Waals surface area contributed by atoms with E-state index >= 15 is 0 Å². The van der Waals surface area contributed by atoms with Gasteiger partial charge in [0.1, 0.15) is 5.52 Å². The van der Waals surface area contributed by atoms with Crippen LogP contribution in [-0.4, -0.2) is 56.1 Å². The Labute approximate surface area is 159 Å². The molecule has 0 aromatic carbocycles. The van der Waals surface area contributed by atoms with Gasteiger partial charge in [0.15, 0.2) is 5.65 Å². The lowest BCUT2D eigenvalue weighted by molar-refractivity contribution is -0.128. The van der Waals surface area contributed by atoms with Gasteiger partial charge in [0.25, 0.3) is 0 Å². The van der Waals surface area contributed by atoms with Crippen molar-refractivity contribution in [2.24, 2.45) is 5.92 Å². The van der Waals surface area contributed by atoms with Crippen LogP contribution in [0.3, 0.4) is 0 Å². The van der Waals surface area contributed by atoms with E-state index in [-0.39, 0.29) is 23.7 Å². The molecule has 1 fully saturated rings. The summed E-state index contributed by atoms with van der Waals surface area (Å²) in [6.45, 7) is 8.13. The van der Waals surface area contributed by atoms with E-state index in [4.69, 9.17) is 5.10 Å². The molecule has 2 aromatic heterocycles. The van der Waals surface area contributed by atoms with Gasteiger partial charge in [-0.2, -0.15) is 5.10 Å². The lowest BCUT2D eigenvalue weighted by Gasteiger charge is -2.13. The monoisotopic (exact) mass is 372 g/mol. The molecule has 0 aliphatic carbocycles. The Morgan fingerprint density at radius 3 is 2.67 bits per heavy atom. The molecule has 0 spiro atoms. The fourth-order valence-electron chi connectivity index (χ4n) is 3.71.